The number of benzene rings is 3. The molecule has 32 heavy (non-hydrogen) atoms. The summed E-state index contributed by atoms with van der Waals surface area (Å²) in [6, 6.07) is 24.7. The lowest BCUT2D eigenvalue weighted by Crippen LogP contribution is -2.44. The van der Waals surface area contributed by atoms with Gasteiger partial charge in [-0.2, -0.15) is 5.01 Å². The van der Waals surface area contributed by atoms with E-state index in [1.54, 1.807) is 13.4 Å². The van der Waals surface area contributed by atoms with Crippen LogP contribution in [0.3, 0.4) is 0 Å². The molecule has 1 aromatic heterocycles. The van der Waals surface area contributed by atoms with Crippen LogP contribution in [-0.4, -0.2) is 27.0 Å². The van der Waals surface area contributed by atoms with E-state index in [1.165, 1.54) is 0 Å². The number of rotatable bonds is 3. The summed E-state index contributed by atoms with van der Waals surface area (Å²) < 4.78 is 7.38. The van der Waals surface area contributed by atoms with Gasteiger partial charge >= 0.3 is 0 Å². The fourth-order valence-electron chi connectivity index (χ4n) is 4.41. The number of hydrogen-bond acceptors (Lipinski definition) is 5. The Hall–Kier alpha value is -3.91. The molecule has 1 atom stereocenters. The number of thiocarbonyl (C=S) groups is 1. The number of methoxy groups -OCH3 is 1. The number of para-hydroxylation sites is 1. The molecule has 1 saturated heterocycles. The van der Waals surface area contributed by atoms with Crippen LogP contribution in [0.15, 0.2) is 79.1 Å². The Labute approximate surface area is 191 Å². The monoisotopic (exact) mass is 440 g/mol. The van der Waals surface area contributed by atoms with Crippen molar-refractivity contribution in [3.63, 3.8) is 0 Å². The molecule has 0 amide bonds. The lowest BCUT2D eigenvalue weighted by molar-refractivity contribution is 0.414. The van der Waals surface area contributed by atoms with E-state index in [9.17, 15) is 0 Å². The molecule has 4 aromatic rings. The molecule has 1 unspecified atom stereocenters. The third-order valence-corrected chi connectivity index (χ3v) is 6.25. The summed E-state index contributed by atoms with van der Waals surface area (Å²) in [6.07, 6.45) is 1.53. The van der Waals surface area contributed by atoms with E-state index in [0.717, 1.165) is 33.9 Å². The molecule has 1 fully saturated rings. The minimum absolute atomic E-state index is 0.207. The van der Waals surface area contributed by atoms with E-state index < -0.39 is 0 Å². The van der Waals surface area contributed by atoms with Crippen molar-refractivity contribution in [3.05, 3.63) is 90.3 Å². The molecule has 2 aliphatic heterocycles. The molecule has 0 aliphatic carbocycles. The fourth-order valence-corrected chi connectivity index (χ4v) is 4.78. The van der Waals surface area contributed by atoms with Crippen LogP contribution in [0, 0.1) is 6.92 Å². The van der Waals surface area contributed by atoms with Gasteiger partial charge in [0.25, 0.3) is 5.95 Å². The number of anilines is 3. The molecular formula is C24H20N6OS. The molecule has 0 radical (unpaired) electrons. The van der Waals surface area contributed by atoms with Gasteiger partial charge in [0.15, 0.2) is 6.17 Å². The molecule has 0 bridgehead atoms. The summed E-state index contributed by atoms with van der Waals surface area (Å²) in [5.41, 5.74) is 5.31. The number of ether oxygens (including phenoxy) is 1. The quantitative estimate of drug-likeness (QED) is 0.431. The zero-order chi connectivity index (χ0) is 21.8. The van der Waals surface area contributed by atoms with Gasteiger partial charge in [-0.25, -0.2) is 5.01 Å². The summed E-state index contributed by atoms with van der Waals surface area (Å²) in [5, 5.41) is 13.4. The first-order chi connectivity index (χ1) is 15.7. The normalized spacial score (nSPS) is 16.6. The predicted octanol–water partition coefficient (Wildman–Crippen LogP) is 4.63. The van der Waals surface area contributed by atoms with E-state index in [0.29, 0.717) is 11.1 Å². The first-order valence-electron chi connectivity index (χ1n) is 10.3. The van der Waals surface area contributed by atoms with Crippen LogP contribution in [0.2, 0.25) is 0 Å². The van der Waals surface area contributed by atoms with Gasteiger partial charge in [-0.3, -0.25) is 9.47 Å². The zero-order valence-corrected chi connectivity index (χ0v) is 18.4. The molecule has 2 aliphatic rings. The van der Waals surface area contributed by atoms with Gasteiger partial charge in [0, 0.05) is 5.69 Å². The van der Waals surface area contributed by atoms with E-state index in [-0.39, 0.29) is 6.17 Å². The highest BCUT2D eigenvalue weighted by molar-refractivity contribution is 7.80. The largest absolute Gasteiger partial charge is 0.497 e. The molecule has 7 nitrogen and oxygen atoms in total. The van der Waals surface area contributed by atoms with Crippen molar-refractivity contribution in [2.24, 2.45) is 0 Å². The van der Waals surface area contributed by atoms with Crippen LogP contribution in [0.4, 0.5) is 17.3 Å². The van der Waals surface area contributed by atoms with Crippen molar-refractivity contribution in [3.8, 4) is 11.4 Å². The highest BCUT2D eigenvalue weighted by Crippen LogP contribution is 2.48. The summed E-state index contributed by atoms with van der Waals surface area (Å²) in [6.45, 7) is 2.10. The highest BCUT2D eigenvalue weighted by atomic mass is 32.1. The Kier molecular flexibility index (Phi) is 4.16. The predicted molar refractivity (Wildman–Crippen MR) is 128 cm³/mol. The van der Waals surface area contributed by atoms with Crippen molar-refractivity contribution in [2.45, 2.75) is 13.1 Å². The van der Waals surface area contributed by atoms with Crippen LogP contribution in [0.1, 0.15) is 17.3 Å². The molecule has 0 N–H and O–H groups in total. The smallest absolute Gasteiger partial charge is 0.257 e. The second-order valence-corrected chi connectivity index (χ2v) is 8.15. The standard InChI is InChI=1S/C24H20N6OS/c1-16-8-13-20-21(14-16)29-22(17-9-11-19(31-2)12-10-17)28(18-6-4-3-5-7-18)24(32)30(29)23-26-25-15-27(20)23/h3-15,22H,1-2H3. The van der Waals surface area contributed by atoms with Gasteiger partial charge in [0.1, 0.15) is 12.1 Å². The number of nitrogens with zero attached hydrogens (tertiary/aromatic N) is 6. The van der Waals surface area contributed by atoms with Crippen molar-refractivity contribution in [2.75, 3.05) is 22.0 Å². The van der Waals surface area contributed by atoms with Gasteiger partial charge in [-0.05, 0) is 66.7 Å². The summed E-state index contributed by atoms with van der Waals surface area (Å²) in [7, 11) is 1.67. The lowest BCUT2D eigenvalue weighted by atomic mass is 10.1. The van der Waals surface area contributed by atoms with Crippen LogP contribution in [-0.2, 0) is 0 Å². The second-order valence-electron chi connectivity index (χ2n) is 7.78. The Bertz CT molecular complexity index is 1320. The Morgan fingerprint density at radius 1 is 0.938 bits per heavy atom. The first-order valence-corrected chi connectivity index (χ1v) is 10.7. The molecule has 3 aromatic carbocycles. The molecule has 0 saturated carbocycles. The number of fused-ring (bicyclic) bond motifs is 6. The second kappa shape index (κ2) is 7.06. The third kappa shape index (κ3) is 2.63. The van der Waals surface area contributed by atoms with Gasteiger partial charge in [0.2, 0.25) is 5.11 Å². The Morgan fingerprint density at radius 2 is 1.72 bits per heavy atom. The molecule has 3 heterocycles. The summed E-state index contributed by atoms with van der Waals surface area (Å²) in [4.78, 5) is 2.16. The highest BCUT2D eigenvalue weighted by Gasteiger charge is 2.49. The summed E-state index contributed by atoms with van der Waals surface area (Å²) >= 11 is 6.05. The number of aryl methyl sites for hydroxylation is 1. The average Bonchev–Trinajstić information content (AvgIpc) is 3.42. The number of hydrazine groups is 1. The van der Waals surface area contributed by atoms with Crippen molar-refractivity contribution in [1.82, 2.24) is 14.8 Å². The number of hydrogen-bond donors (Lipinski definition) is 0. The minimum atomic E-state index is -0.207. The average molecular weight is 441 g/mol. The lowest BCUT2D eigenvalue weighted by Gasteiger charge is -2.38. The van der Waals surface area contributed by atoms with Crippen molar-refractivity contribution >= 4 is 34.7 Å². The van der Waals surface area contributed by atoms with Gasteiger partial charge in [-0.1, -0.05) is 36.4 Å². The Balaban J connectivity index is 1.61. The van der Waals surface area contributed by atoms with E-state index >= 15 is 0 Å². The van der Waals surface area contributed by atoms with Gasteiger partial charge in [0.05, 0.1) is 18.5 Å². The fraction of sp³-hybridized carbons (Fsp3) is 0.125. The van der Waals surface area contributed by atoms with Crippen molar-refractivity contribution < 1.29 is 4.74 Å². The maximum atomic E-state index is 6.05. The van der Waals surface area contributed by atoms with Crippen LogP contribution < -0.4 is 19.7 Å². The Morgan fingerprint density at radius 3 is 2.47 bits per heavy atom. The third-order valence-electron chi connectivity index (χ3n) is 5.88. The molecule has 6 rings (SSSR count). The zero-order valence-electron chi connectivity index (χ0n) is 17.6. The molecular weight excluding hydrogens is 420 g/mol. The summed E-state index contributed by atoms with van der Waals surface area (Å²) in [5.74, 6) is 1.48. The molecule has 158 valence electrons. The molecule has 8 heteroatoms. The topological polar surface area (TPSA) is 49.7 Å². The van der Waals surface area contributed by atoms with E-state index in [4.69, 9.17) is 17.0 Å². The SMILES string of the molecule is COc1ccc(C2N(c3ccccc3)C(=S)N3c4nncn4-c4ccc(C)cc4N23)cc1. The minimum Gasteiger partial charge on any atom is -0.497 e. The first kappa shape index (κ1) is 18.8. The van der Waals surface area contributed by atoms with Crippen LogP contribution in [0.5, 0.6) is 5.75 Å². The van der Waals surface area contributed by atoms with E-state index in [1.807, 2.05) is 39.9 Å². The van der Waals surface area contributed by atoms with Crippen molar-refractivity contribution in [1.29, 1.82) is 0 Å². The van der Waals surface area contributed by atoms with Crippen LogP contribution >= 0.6 is 12.2 Å². The molecule has 0 spiro atoms. The maximum absolute atomic E-state index is 6.05. The van der Waals surface area contributed by atoms with Gasteiger partial charge in [-0.15, -0.1) is 10.2 Å². The maximum Gasteiger partial charge on any atom is 0.257 e. The van der Waals surface area contributed by atoms with Gasteiger partial charge < -0.3 is 4.74 Å². The number of aromatic nitrogens is 3. The van der Waals surface area contributed by atoms with E-state index in [2.05, 4.69) is 69.5 Å². The van der Waals surface area contributed by atoms with Crippen LogP contribution in [0.25, 0.3) is 5.69 Å².